The molecule has 0 aliphatic heterocycles. The molecule has 0 radical (unpaired) electrons. The lowest BCUT2D eigenvalue weighted by Crippen LogP contribution is -2.07. The molecule has 0 fully saturated rings. The van der Waals surface area contributed by atoms with Crippen molar-refractivity contribution >= 4 is 24.6 Å². The minimum Gasteiger partial charge on any atom is -0.481 e. The maximum absolute atomic E-state index is 10.8. The highest BCUT2D eigenvalue weighted by molar-refractivity contribution is 7.81. The summed E-state index contributed by atoms with van der Waals surface area (Å²) in [5.41, 5.74) is 2.55. The molecule has 26 heavy (non-hydrogen) atoms. The average molecular weight is 382 g/mol. The van der Waals surface area contributed by atoms with Crippen molar-refractivity contribution in [2.75, 3.05) is 5.75 Å². The van der Waals surface area contributed by atoms with Crippen molar-refractivity contribution < 1.29 is 25.3 Å². The Balaban J connectivity index is 0.000000923. The molecule has 0 saturated carbocycles. The minimum absolute atomic E-state index is 0. The van der Waals surface area contributed by atoms with E-state index < -0.39 is 11.9 Å². The molecule has 0 aliphatic carbocycles. The van der Waals surface area contributed by atoms with E-state index >= 15 is 0 Å². The second-order valence-corrected chi connectivity index (χ2v) is 5.88. The van der Waals surface area contributed by atoms with Gasteiger partial charge in [0.25, 0.3) is 0 Å². The van der Waals surface area contributed by atoms with E-state index in [-0.39, 0.29) is 11.2 Å². The van der Waals surface area contributed by atoms with Crippen LogP contribution in [0.5, 0.6) is 0 Å². The van der Waals surface area contributed by atoms with Crippen LogP contribution in [0.1, 0.15) is 47.2 Å². The molecule has 4 N–H and O–H groups in total. The summed E-state index contributed by atoms with van der Waals surface area (Å²) in [4.78, 5) is 24.6. The first kappa shape index (κ1) is 23.7. The topological polar surface area (TPSA) is 124 Å². The average Bonchev–Trinajstić information content (AvgIpc) is 2.94. The van der Waals surface area contributed by atoms with Crippen LogP contribution in [0.4, 0.5) is 0 Å². The van der Waals surface area contributed by atoms with Gasteiger partial charge in [0, 0.05) is 24.9 Å². The van der Waals surface area contributed by atoms with E-state index in [9.17, 15) is 9.59 Å². The molecular weight excluding hydrogens is 356 g/mol. The van der Waals surface area contributed by atoms with Gasteiger partial charge in [0.15, 0.2) is 0 Å². The Morgan fingerprint density at radius 3 is 2.23 bits per heavy atom. The Kier molecular flexibility index (Phi) is 11.0. The lowest BCUT2D eigenvalue weighted by atomic mass is 10.1. The van der Waals surface area contributed by atoms with Gasteiger partial charge in [0.1, 0.15) is 5.82 Å². The summed E-state index contributed by atoms with van der Waals surface area (Å²) in [7, 11) is 0. The fourth-order valence-corrected chi connectivity index (χ4v) is 2.20. The Labute approximate surface area is 158 Å². The number of carboxylic acid groups (broad SMARTS) is 2. The number of thiol groups is 1. The zero-order chi connectivity index (χ0) is 18.8. The SMILES string of the molecule is CCCCc1ncc(C)n1Cc1ccc(C(=O)O)cc1.O.O=C(O)CS. The molecule has 1 aromatic carbocycles. The summed E-state index contributed by atoms with van der Waals surface area (Å²) < 4.78 is 2.20. The summed E-state index contributed by atoms with van der Waals surface area (Å²) in [5.74, 6) is -0.751. The quantitative estimate of drug-likeness (QED) is 0.635. The number of aliphatic carboxylic acids is 1. The summed E-state index contributed by atoms with van der Waals surface area (Å²) in [5, 5.41) is 16.5. The van der Waals surface area contributed by atoms with Gasteiger partial charge in [0.2, 0.25) is 0 Å². The second-order valence-electron chi connectivity index (χ2n) is 5.56. The monoisotopic (exact) mass is 382 g/mol. The van der Waals surface area contributed by atoms with Crippen LogP contribution in [0.2, 0.25) is 0 Å². The molecule has 2 rings (SSSR count). The van der Waals surface area contributed by atoms with E-state index in [1.54, 1.807) is 12.1 Å². The molecule has 0 atom stereocenters. The number of rotatable bonds is 7. The van der Waals surface area contributed by atoms with E-state index in [4.69, 9.17) is 10.2 Å². The summed E-state index contributed by atoms with van der Waals surface area (Å²) in [6, 6.07) is 7.03. The minimum atomic E-state index is -0.890. The number of hydrogen-bond acceptors (Lipinski definition) is 4. The molecule has 0 aliphatic rings. The number of aromatic carboxylic acids is 1. The summed E-state index contributed by atoms with van der Waals surface area (Å²) in [6.45, 7) is 4.96. The van der Waals surface area contributed by atoms with Gasteiger partial charge in [-0.15, -0.1) is 0 Å². The van der Waals surface area contributed by atoms with Crippen molar-refractivity contribution in [3.8, 4) is 0 Å². The lowest BCUT2D eigenvalue weighted by Gasteiger charge is -2.10. The number of imidazole rings is 1. The first-order valence-electron chi connectivity index (χ1n) is 8.04. The summed E-state index contributed by atoms with van der Waals surface area (Å²) >= 11 is 3.42. The van der Waals surface area contributed by atoms with Gasteiger partial charge in [-0.25, -0.2) is 9.78 Å². The number of aryl methyl sites for hydroxylation is 2. The van der Waals surface area contributed by atoms with Crippen molar-refractivity contribution in [1.29, 1.82) is 0 Å². The second kappa shape index (κ2) is 12.1. The Morgan fingerprint density at radius 2 is 1.77 bits per heavy atom. The molecule has 1 aromatic heterocycles. The Morgan fingerprint density at radius 1 is 1.19 bits per heavy atom. The molecular formula is C18H26N2O5S. The van der Waals surface area contributed by atoms with Crippen molar-refractivity contribution in [2.24, 2.45) is 0 Å². The Hall–Kier alpha value is -2.32. The maximum Gasteiger partial charge on any atom is 0.335 e. The fourth-order valence-electron chi connectivity index (χ4n) is 2.20. The highest BCUT2D eigenvalue weighted by Gasteiger charge is 2.08. The Bertz CT molecular complexity index is 698. The highest BCUT2D eigenvalue weighted by atomic mass is 32.1. The molecule has 0 saturated heterocycles. The number of benzene rings is 1. The van der Waals surface area contributed by atoms with Gasteiger partial charge in [-0.05, 0) is 31.0 Å². The van der Waals surface area contributed by atoms with E-state index in [0.717, 1.165) is 42.9 Å². The van der Waals surface area contributed by atoms with Gasteiger partial charge < -0.3 is 20.3 Å². The van der Waals surface area contributed by atoms with Crippen LogP contribution in [0, 0.1) is 6.92 Å². The third kappa shape index (κ3) is 7.71. The van der Waals surface area contributed by atoms with Crippen molar-refractivity contribution in [1.82, 2.24) is 9.55 Å². The maximum atomic E-state index is 10.8. The van der Waals surface area contributed by atoms with E-state index in [2.05, 4.69) is 29.1 Å². The summed E-state index contributed by atoms with van der Waals surface area (Å²) in [6.07, 6.45) is 5.17. The predicted molar refractivity (Wildman–Crippen MR) is 103 cm³/mol. The van der Waals surface area contributed by atoms with Gasteiger partial charge >= 0.3 is 11.9 Å². The van der Waals surface area contributed by atoms with Gasteiger partial charge in [-0.2, -0.15) is 12.6 Å². The van der Waals surface area contributed by atoms with E-state index in [1.807, 2.05) is 25.3 Å². The zero-order valence-corrected chi connectivity index (χ0v) is 15.9. The number of carbonyl (C=O) groups is 2. The lowest BCUT2D eigenvalue weighted by molar-refractivity contribution is -0.133. The third-order valence-electron chi connectivity index (χ3n) is 3.57. The normalized spacial score (nSPS) is 9.65. The van der Waals surface area contributed by atoms with Gasteiger partial charge in [-0.1, -0.05) is 25.5 Å². The van der Waals surface area contributed by atoms with Crippen LogP contribution in [0.3, 0.4) is 0 Å². The first-order valence-corrected chi connectivity index (χ1v) is 8.68. The molecule has 2 aromatic rings. The molecule has 0 unspecified atom stereocenters. The molecule has 7 nitrogen and oxygen atoms in total. The fraction of sp³-hybridized carbons (Fsp3) is 0.389. The van der Waals surface area contributed by atoms with Gasteiger partial charge in [0.05, 0.1) is 11.3 Å². The standard InChI is InChI=1S/C16H20N2O2.C2H4O2S.H2O/c1-3-4-5-15-17-10-12(2)18(15)11-13-6-8-14(9-7-13)16(19)20;3-2(4)1-5;/h6-10H,3-5,11H2,1-2H3,(H,19,20);5H,1H2,(H,3,4);1H2. The number of carboxylic acids is 2. The third-order valence-corrected chi connectivity index (χ3v) is 3.84. The van der Waals surface area contributed by atoms with Crippen LogP contribution in [-0.4, -0.2) is 42.9 Å². The van der Waals surface area contributed by atoms with Crippen molar-refractivity contribution in [3.63, 3.8) is 0 Å². The highest BCUT2D eigenvalue weighted by Crippen LogP contribution is 2.13. The molecule has 1 heterocycles. The van der Waals surface area contributed by atoms with Crippen LogP contribution in [0.25, 0.3) is 0 Å². The number of unbranched alkanes of at least 4 members (excludes halogenated alkanes) is 1. The van der Waals surface area contributed by atoms with Crippen molar-refractivity contribution in [3.05, 3.63) is 53.1 Å². The van der Waals surface area contributed by atoms with Crippen LogP contribution in [-0.2, 0) is 17.8 Å². The number of aromatic nitrogens is 2. The molecule has 0 bridgehead atoms. The number of nitrogens with zero attached hydrogens (tertiary/aromatic N) is 2. The van der Waals surface area contributed by atoms with E-state index in [1.165, 1.54) is 0 Å². The number of hydrogen-bond donors (Lipinski definition) is 3. The zero-order valence-electron chi connectivity index (χ0n) is 15.0. The smallest absolute Gasteiger partial charge is 0.335 e. The van der Waals surface area contributed by atoms with Crippen LogP contribution >= 0.6 is 12.6 Å². The van der Waals surface area contributed by atoms with Crippen molar-refractivity contribution in [2.45, 2.75) is 39.7 Å². The van der Waals surface area contributed by atoms with Crippen LogP contribution < -0.4 is 0 Å². The largest absolute Gasteiger partial charge is 0.481 e. The molecule has 0 amide bonds. The predicted octanol–water partition coefficient (Wildman–Crippen LogP) is 2.46. The van der Waals surface area contributed by atoms with E-state index in [0.29, 0.717) is 5.56 Å². The van der Waals surface area contributed by atoms with Crippen LogP contribution in [0.15, 0.2) is 30.5 Å². The molecule has 8 heteroatoms. The molecule has 144 valence electrons. The first-order chi connectivity index (χ1) is 11.9. The van der Waals surface area contributed by atoms with Gasteiger partial charge in [-0.3, -0.25) is 4.79 Å². The molecule has 0 spiro atoms.